The van der Waals surface area contributed by atoms with Crippen molar-refractivity contribution in [2.24, 2.45) is 0 Å². The first kappa shape index (κ1) is 17.0. The summed E-state index contributed by atoms with van der Waals surface area (Å²) in [4.78, 5) is 1.32. The molecule has 0 amide bonds. The Morgan fingerprint density at radius 3 is 2.67 bits per heavy atom. The Labute approximate surface area is 152 Å². The average molecular weight is 358 g/mol. The Hall–Kier alpha value is -1.81. The third-order valence-electron chi connectivity index (χ3n) is 3.86. The maximum absolute atomic E-state index is 6.16. The quantitative estimate of drug-likeness (QED) is 0.596. The van der Waals surface area contributed by atoms with E-state index >= 15 is 0 Å². The van der Waals surface area contributed by atoms with Crippen LogP contribution in [0.15, 0.2) is 60.0 Å². The Morgan fingerprint density at radius 2 is 1.88 bits per heavy atom. The van der Waals surface area contributed by atoms with Gasteiger partial charge in [-0.15, -0.1) is 11.3 Å². The highest BCUT2D eigenvalue weighted by Crippen LogP contribution is 2.24. The van der Waals surface area contributed by atoms with E-state index < -0.39 is 0 Å². The van der Waals surface area contributed by atoms with E-state index in [1.807, 2.05) is 30.3 Å². The van der Waals surface area contributed by atoms with Crippen LogP contribution in [-0.4, -0.2) is 0 Å². The minimum absolute atomic E-state index is 0.562. The van der Waals surface area contributed by atoms with Crippen molar-refractivity contribution in [2.75, 3.05) is 0 Å². The van der Waals surface area contributed by atoms with Gasteiger partial charge in [-0.2, -0.15) is 0 Å². The number of ether oxygens (including phenoxy) is 1. The van der Waals surface area contributed by atoms with Crippen LogP contribution in [0, 0.1) is 6.92 Å². The standard InChI is InChI=1S/C20H20ClNOS/c1-15-5-2-3-6-16(15)14-23-20-9-8-18(21)11-17(20)12-22-13-19-7-4-10-24-19/h2-11,22H,12-14H2,1H3. The molecule has 0 saturated carbocycles. The SMILES string of the molecule is Cc1ccccc1COc1ccc(Cl)cc1CNCc1cccs1. The average Bonchev–Trinajstić information content (AvgIpc) is 3.09. The summed E-state index contributed by atoms with van der Waals surface area (Å²) >= 11 is 7.91. The lowest BCUT2D eigenvalue weighted by atomic mass is 10.1. The molecule has 0 aliphatic heterocycles. The van der Waals surface area contributed by atoms with Gasteiger partial charge in [0.25, 0.3) is 0 Å². The number of aryl methyl sites for hydroxylation is 1. The van der Waals surface area contributed by atoms with Crippen LogP contribution in [-0.2, 0) is 19.7 Å². The molecule has 124 valence electrons. The van der Waals surface area contributed by atoms with Crippen molar-refractivity contribution in [1.29, 1.82) is 0 Å². The van der Waals surface area contributed by atoms with Gasteiger partial charge in [-0.1, -0.05) is 41.9 Å². The highest BCUT2D eigenvalue weighted by molar-refractivity contribution is 7.09. The first-order valence-corrected chi connectivity index (χ1v) is 9.17. The van der Waals surface area contributed by atoms with Crippen LogP contribution < -0.4 is 10.1 Å². The highest BCUT2D eigenvalue weighted by Gasteiger charge is 2.07. The fourth-order valence-electron chi connectivity index (χ4n) is 2.49. The van der Waals surface area contributed by atoms with Crippen molar-refractivity contribution in [3.8, 4) is 5.75 Å². The molecule has 2 aromatic carbocycles. The van der Waals surface area contributed by atoms with Gasteiger partial charge in [0.1, 0.15) is 12.4 Å². The van der Waals surface area contributed by atoms with Gasteiger partial charge >= 0.3 is 0 Å². The maximum atomic E-state index is 6.16. The third-order valence-corrected chi connectivity index (χ3v) is 4.97. The molecule has 2 nitrogen and oxygen atoms in total. The van der Waals surface area contributed by atoms with E-state index in [9.17, 15) is 0 Å². The number of nitrogens with one attached hydrogen (secondary N) is 1. The van der Waals surface area contributed by atoms with E-state index in [0.29, 0.717) is 6.61 Å². The van der Waals surface area contributed by atoms with Gasteiger partial charge in [-0.3, -0.25) is 0 Å². The van der Waals surface area contributed by atoms with Gasteiger partial charge in [0.2, 0.25) is 0 Å². The number of hydrogen-bond donors (Lipinski definition) is 1. The molecule has 0 fully saturated rings. The smallest absolute Gasteiger partial charge is 0.124 e. The lowest BCUT2D eigenvalue weighted by Crippen LogP contribution is -2.13. The number of benzene rings is 2. The monoisotopic (exact) mass is 357 g/mol. The van der Waals surface area contributed by atoms with Crippen LogP contribution in [0.25, 0.3) is 0 Å². The summed E-state index contributed by atoms with van der Waals surface area (Å²) in [6.07, 6.45) is 0. The van der Waals surface area contributed by atoms with Gasteiger partial charge in [0, 0.05) is 28.6 Å². The molecule has 3 aromatic rings. The Kier molecular flexibility index (Phi) is 5.91. The second-order valence-corrected chi connectivity index (χ2v) is 7.12. The zero-order valence-corrected chi connectivity index (χ0v) is 15.2. The maximum Gasteiger partial charge on any atom is 0.124 e. The number of rotatable bonds is 7. The molecule has 0 saturated heterocycles. The van der Waals surface area contributed by atoms with Crippen molar-refractivity contribution in [3.63, 3.8) is 0 Å². The molecule has 0 radical (unpaired) electrons. The minimum atomic E-state index is 0.562. The van der Waals surface area contributed by atoms with Crippen LogP contribution in [0.1, 0.15) is 21.6 Å². The van der Waals surface area contributed by atoms with Gasteiger partial charge in [0.15, 0.2) is 0 Å². The molecule has 1 N–H and O–H groups in total. The van der Waals surface area contributed by atoms with Crippen LogP contribution >= 0.6 is 22.9 Å². The van der Waals surface area contributed by atoms with Crippen LogP contribution in [0.4, 0.5) is 0 Å². The van der Waals surface area contributed by atoms with E-state index in [-0.39, 0.29) is 0 Å². The molecule has 0 bridgehead atoms. The van der Waals surface area contributed by atoms with Gasteiger partial charge in [0.05, 0.1) is 0 Å². The second kappa shape index (κ2) is 8.34. The Morgan fingerprint density at radius 1 is 1.00 bits per heavy atom. The molecule has 0 unspecified atom stereocenters. The van der Waals surface area contributed by atoms with Crippen molar-refractivity contribution in [2.45, 2.75) is 26.6 Å². The number of hydrogen-bond acceptors (Lipinski definition) is 3. The molecule has 0 aliphatic carbocycles. The fourth-order valence-corrected chi connectivity index (χ4v) is 3.36. The van der Waals surface area contributed by atoms with E-state index in [0.717, 1.165) is 29.4 Å². The topological polar surface area (TPSA) is 21.3 Å². The summed E-state index contributed by atoms with van der Waals surface area (Å²) in [6.45, 7) is 4.24. The first-order chi connectivity index (χ1) is 11.7. The molecular weight excluding hydrogens is 338 g/mol. The summed E-state index contributed by atoms with van der Waals surface area (Å²) < 4.78 is 6.05. The van der Waals surface area contributed by atoms with Crippen LogP contribution in [0.5, 0.6) is 5.75 Å². The van der Waals surface area contributed by atoms with Gasteiger partial charge < -0.3 is 10.1 Å². The van der Waals surface area contributed by atoms with Gasteiger partial charge in [-0.05, 0) is 47.7 Å². The lowest BCUT2D eigenvalue weighted by Gasteiger charge is -2.14. The summed E-state index contributed by atoms with van der Waals surface area (Å²) in [5, 5.41) is 6.27. The molecule has 4 heteroatoms. The predicted octanol–water partition coefficient (Wildman–Crippen LogP) is 5.58. The first-order valence-electron chi connectivity index (χ1n) is 7.91. The molecule has 0 atom stereocenters. The van der Waals surface area contributed by atoms with E-state index in [4.69, 9.17) is 16.3 Å². The predicted molar refractivity (Wildman–Crippen MR) is 102 cm³/mol. The van der Waals surface area contributed by atoms with E-state index in [2.05, 4.69) is 41.9 Å². The lowest BCUT2D eigenvalue weighted by molar-refractivity contribution is 0.301. The zero-order valence-electron chi connectivity index (χ0n) is 13.6. The summed E-state index contributed by atoms with van der Waals surface area (Å²) in [5.41, 5.74) is 3.52. The fraction of sp³-hybridized carbons (Fsp3) is 0.200. The third kappa shape index (κ3) is 4.60. The van der Waals surface area contributed by atoms with E-state index in [1.54, 1.807) is 11.3 Å². The van der Waals surface area contributed by atoms with Crippen molar-refractivity contribution in [3.05, 3.63) is 86.6 Å². The van der Waals surface area contributed by atoms with Gasteiger partial charge in [-0.25, -0.2) is 0 Å². The number of halogens is 1. The molecule has 1 aromatic heterocycles. The zero-order chi connectivity index (χ0) is 16.8. The normalized spacial score (nSPS) is 10.8. The molecule has 0 spiro atoms. The summed E-state index contributed by atoms with van der Waals surface area (Å²) in [6, 6.07) is 18.3. The molecule has 0 aliphatic rings. The second-order valence-electron chi connectivity index (χ2n) is 5.65. The van der Waals surface area contributed by atoms with Crippen LogP contribution in [0.2, 0.25) is 5.02 Å². The van der Waals surface area contributed by atoms with E-state index in [1.165, 1.54) is 16.0 Å². The van der Waals surface area contributed by atoms with Crippen molar-refractivity contribution < 1.29 is 4.74 Å². The highest BCUT2D eigenvalue weighted by atomic mass is 35.5. The Bertz CT molecular complexity index is 786. The van der Waals surface area contributed by atoms with Crippen molar-refractivity contribution >= 4 is 22.9 Å². The minimum Gasteiger partial charge on any atom is -0.489 e. The van der Waals surface area contributed by atoms with Crippen molar-refractivity contribution in [1.82, 2.24) is 5.32 Å². The molecular formula is C20H20ClNOS. The molecule has 24 heavy (non-hydrogen) atoms. The van der Waals surface area contributed by atoms with Crippen LogP contribution in [0.3, 0.4) is 0 Å². The summed E-state index contributed by atoms with van der Waals surface area (Å²) in [5.74, 6) is 0.876. The summed E-state index contributed by atoms with van der Waals surface area (Å²) in [7, 11) is 0. The molecule has 3 rings (SSSR count). The number of thiophene rings is 1. The Balaban J connectivity index is 1.65. The molecule has 1 heterocycles. The largest absolute Gasteiger partial charge is 0.489 e.